The molecule has 0 radical (unpaired) electrons. The lowest BCUT2D eigenvalue weighted by molar-refractivity contribution is -0.159. The van der Waals surface area contributed by atoms with Crippen molar-refractivity contribution in [2.24, 2.45) is 11.8 Å². The number of alkyl carbamates (subject to hydrolysis) is 1. The molecule has 0 heterocycles. The number of rotatable bonds is 11. The van der Waals surface area contributed by atoms with Crippen LogP contribution in [0.1, 0.15) is 97.0 Å². The Hall–Kier alpha value is -3.88. The summed E-state index contributed by atoms with van der Waals surface area (Å²) in [5, 5.41) is 5.76. The Kier molecular flexibility index (Phi) is 11.7. The molecule has 1 aliphatic rings. The Morgan fingerprint density at radius 2 is 1.41 bits per heavy atom. The third kappa shape index (κ3) is 10.6. The van der Waals surface area contributed by atoms with Gasteiger partial charge in [-0.05, 0) is 84.8 Å². The van der Waals surface area contributed by atoms with Gasteiger partial charge in [0.05, 0.1) is 0 Å². The summed E-state index contributed by atoms with van der Waals surface area (Å²) in [5.74, 6) is -1.60. The minimum atomic E-state index is -1.07. The third-order valence-corrected chi connectivity index (χ3v) is 7.66. The first kappa shape index (κ1) is 36.6. The smallest absolute Gasteiger partial charge is 0.408 e. The van der Waals surface area contributed by atoms with E-state index < -0.39 is 47.3 Å². The van der Waals surface area contributed by atoms with Gasteiger partial charge in [-0.2, -0.15) is 0 Å². The highest BCUT2D eigenvalue weighted by molar-refractivity contribution is 5.94. The molecule has 46 heavy (non-hydrogen) atoms. The van der Waals surface area contributed by atoms with Crippen molar-refractivity contribution in [3.63, 3.8) is 0 Å². The number of hydrogen-bond acceptors (Lipinski definition) is 6. The second-order valence-electron chi connectivity index (χ2n) is 15.0. The zero-order chi connectivity index (χ0) is 34.6. The van der Waals surface area contributed by atoms with Crippen LogP contribution in [0.5, 0.6) is 0 Å². The van der Waals surface area contributed by atoms with Gasteiger partial charge in [0.1, 0.15) is 29.3 Å². The van der Waals surface area contributed by atoms with Gasteiger partial charge in [-0.3, -0.25) is 9.59 Å². The highest BCUT2D eigenvalue weighted by atomic mass is 16.6. The molecule has 0 saturated heterocycles. The molecule has 0 aromatic heterocycles. The van der Waals surface area contributed by atoms with E-state index in [1.54, 1.807) is 46.4 Å². The van der Waals surface area contributed by atoms with Gasteiger partial charge in [0.25, 0.3) is 0 Å². The lowest BCUT2D eigenvalue weighted by atomic mass is 9.95. The van der Waals surface area contributed by atoms with E-state index in [0.29, 0.717) is 12.0 Å². The van der Waals surface area contributed by atoms with Crippen LogP contribution in [-0.4, -0.2) is 58.1 Å². The van der Waals surface area contributed by atoms with Gasteiger partial charge in [-0.15, -0.1) is 0 Å². The van der Waals surface area contributed by atoms with E-state index in [9.17, 15) is 19.2 Å². The van der Waals surface area contributed by atoms with E-state index >= 15 is 0 Å². The van der Waals surface area contributed by atoms with Crippen LogP contribution in [0.4, 0.5) is 4.79 Å². The summed E-state index contributed by atoms with van der Waals surface area (Å²) in [7, 11) is 0. The first-order valence-corrected chi connectivity index (χ1v) is 16.2. The molecule has 252 valence electrons. The van der Waals surface area contributed by atoms with E-state index in [1.807, 2.05) is 83.1 Å². The van der Waals surface area contributed by atoms with E-state index in [-0.39, 0.29) is 30.2 Å². The molecular weight excluding hydrogens is 582 g/mol. The third-order valence-electron chi connectivity index (χ3n) is 7.66. The molecule has 5 atom stereocenters. The van der Waals surface area contributed by atoms with E-state index in [4.69, 9.17) is 9.47 Å². The van der Waals surface area contributed by atoms with Gasteiger partial charge in [0.2, 0.25) is 11.8 Å². The van der Waals surface area contributed by atoms with Crippen LogP contribution >= 0.6 is 0 Å². The van der Waals surface area contributed by atoms with Crippen LogP contribution in [0.3, 0.4) is 0 Å². The zero-order valence-electron chi connectivity index (χ0n) is 29.4. The molecule has 2 aromatic carbocycles. The van der Waals surface area contributed by atoms with Crippen LogP contribution < -0.4 is 10.6 Å². The number of carbonyl (C=O) groups is 4. The lowest BCUT2D eigenvalue weighted by Gasteiger charge is -2.37. The Bertz CT molecular complexity index is 1370. The largest absolute Gasteiger partial charge is 0.458 e. The van der Waals surface area contributed by atoms with Crippen molar-refractivity contribution >= 4 is 23.9 Å². The summed E-state index contributed by atoms with van der Waals surface area (Å²) in [6.45, 7) is 20.2. The van der Waals surface area contributed by atoms with Gasteiger partial charge in [0, 0.05) is 12.5 Å². The van der Waals surface area contributed by atoms with Gasteiger partial charge >= 0.3 is 12.1 Å². The molecule has 1 fully saturated rings. The number of esters is 1. The number of hydrogen-bond donors (Lipinski definition) is 2. The monoisotopic (exact) mass is 635 g/mol. The number of nitrogens with zero attached hydrogens (tertiary/aromatic N) is 1. The van der Waals surface area contributed by atoms with Crippen molar-refractivity contribution in [2.45, 2.75) is 124 Å². The Labute approximate surface area is 274 Å². The summed E-state index contributed by atoms with van der Waals surface area (Å²) in [6, 6.07) is 12.0. The number of ether oxygens (including phenoxy) is 2. The topological polar surface area (TPSA) is 114 Å². The van der Waals surface area contributed by atoms with Crippen LogP contribution in [0.2, 0.25) is 0 Å². The van der Waals surface area contributed by atoms with Gasteiger partial charge < -0.3 is 25.0 Å². The van der Waals surface area contributed by atoms with Crippen LogP contribution in [0.15, 0.2) is 48.5 Å². The molecule has 2 N–H and O–H groups in total. The van der Waals surface area contributed by atoms with Crippen LogP contribution in [0.25, 0.3) is 0 Å². The van der Waals surface area contributed by atoms with Crippen molar-refractivity contribution in [2.75, 3.05) is 0 Å². The lowest BCUT2D eigenvalue weighted by Crippen LogP contribution is -2.57. The molecular formula is C37H53N3O6. The highest BCUT2D eigenvalue weighted by Crippen LogP contribution is 2.41. The highest BCUT2D eigenvalue weighted by Gasteiger charge is 2.49. The molecule has 9 nitrogen and oxygen atoms in total. The maximum Gasteiger partial charge on any atom is 0.408 e. The number of amides is 3. The van der Waals surface area contributed by atoms with Gasteiger partial charge in [-0.1, -0.05) is 80.4 Å². The normalized spacial score (nSPS) is 18.2. The van der Waals surface area contributed by atoms with Crippen LogP contribution in [-0.2, 0) is 30.3 Å². The van der Waals surface area contributed by atoms with Crippen molar-refractivity contribution in [3.05, 3.63) is 70.8 Å². The van der Waals surface area contributed by atoms with Gasteiger partial charge in [0.15, 0.2) is 0 Å². The average molecular weight is 636 g/mol. The number of benzene rings is 2. The van der Waals surface area contributed by atoms with E-state index in [0.717, 1.165) is 16.7 Å². The maximum atomic E-state index is 14.6. The summed E-state index contributed by atoms with van der Waals surface area (Å²) < 4.78 is 11.2. The summed E-state index contributed by atoms with van der Waals surface area (Å²) in [5.41, 5.74) is 1.83. The minimum Gasteiger partial charge on any atom is -0.458 e. The predicted octanol–water partition coefficient (Wildman–Crippen LogP) is 6.20. The average Bonchev–Trinajstić information content (AvgIpc) is 3.62. The summed E-state index contributed by atoms with van der Waals surface area (Å²) in [6.07, 6.45) is 0.212. The minimum absolute atomic E-state index is 0.144. The number of nitrogens with one attached hydrogen (secondary N) is 2. The van der Waals surface area contributed by atoms with Gasteiger partial charge in [-0.25, -0.2) is 9.59 Å². The molecule has 1 saturated carbocycles. The molecule has 1 aliphatic carbocycles. The maximum absolute atomic E-state index is 14.6. The zero-order valence-corrected chi connectivity index (χ0v) is 29.4. The fraction of sp³-hybridized carbons (Fsp3) is 0.568. The molecule has 0 spiro atoms. The summed E-state index contributed by atoms with van der Waals surface area (Å²) in [4.78, 5) is 57.2. The second kappa shape index (κ2) is 14.7. The van der Waals surface area contributed by atoms with Crippen molar-refractivity contribution in [1.29, 1.82) is 0 Å². The fourth-order valence-electron chi connectivity index (χ4n) is 5.55. The van der Waals surface area contributed by atoms with E-state index in [1.165, 1.54) is 0 Å². The van der Waals surface area contributed by atoms with Crippen molar-refractivity contribution in [3.8, 4) is 0 Å². The fourth-order valence-corrected chi connectivity index (χ4v) is 5.55. The van der Waals surface area contributed by atoms with E-state index in [2.05, 4.69) is 10.6 Å². The molecule has 0 bridgehead atoms. The standard InChI is InChI=1S/C37H53N3O6/c1-22(2)30(39-35(44)46-37(9,10)11)33(42)40(29-20-25(29)5)31(27-18-23(3)17-24(4)19-27)32(41)38-28(34(43)45-36(6,7)8)21-26-15-13-12-14-16-26/h12-19,22,25,28-31H,20-21H2,1-11H3,(H,38,41)(H,39,44). The first-order valence-electron chi connectivity index (χ1n) is 16.2. The second-order valence-corrected chi connectivity index (χ2v) is 15.0. The molecule has 9 heteroatoms. The molecule has 3 rings (SSSR count). The predicted molar refractivity (Wildman–Crippen MR) is 179 cm³/mol. The SMILES string of the molecule is Cc1cc(C)cc(C(C(=O)NC(Cc2ccccc2)C(=O)OC(C)(C)C)N(C(=O)C(NC(=O)OC(C)(C)C)C(C)C)C2CC2C)c1. The quantitative estimate of drug-likeness (QED) is 0.284. The molecule has 3 amide bonds. The number of carbonyl (C=O) groups excluding carboxylic acids is 4. The van der Waals surface area contributed by atoms with Crippen molar-refractivity contribution < 1.29 is 28.7 Å². The van der Waals surface area contributed by atoms with Crippen LogP contribution in [0, 0.1) is 25.7 Å². The number of aryl methyl sites for hydroxylation is 2. The summed E-state index contributed by atoms with van der Waals surface area (Å²) >= 11 is 0. The Balaban J connectivity index is 2.09. The first-order chi connectivity index (χ1) is 21.3. The Morgan fingerprint density at radius 1 is 0.870 bits per heavy atom. The molecule has 0 aliphatic heterocycles. The molecule has 5 unspecified atom stereocenters. The van der Waals surface area contributed by atoms with Crippen molar-refractivity contribution in [1.82, 2.24) is 15.5 Å². The molecule has 2 aromatic rings. The Morgan fingerprint density at radius 3 is 1.89 bits per heavy atom.